The van der Waals surface area contributed by atoms with Gasteiger partial charge in [-0.15, -0.1) is 0 Å². The van der Waals surface area contributed by atoms with Crippen LogP contribution in [-0.4, -0.2) is 27.8 Å². The lowest BCUT2D eigenvalue weighted by Crippen LogP contribution is -2.26. The summed E-state index contributed by atoms with van der Waals surface area (Å²) in [5, 5.41) is 3.29. The Morgan fingerprint density at radius 1 is 0.957 bits per heavy atom. The Labute approximate surface area is 137 Å². The molecule has 0 saturated heterocycles. The predicted octanol–water partition coefficient (Wildman–Crippen LogP) is 2.51. The van der Waals surface area contributed by atoms with Gasteiger partial charge in [0.25, 0.3) is 0 Å². The normalized spacial score (nSPS) is 11.3. The Morgan fingerprint density at radius 3 is 2.43 bits per heavy atom. The van der Waals surface area contributed by atoms with Crippen molar-refractivity contribution in [1.29, 1.82) is 0 Å². The van der Waals surface area contributed by atoms with Crippen LogP contribution in [0.5, 0.6) is 11.5 Å². The lowest BCUT2D eigenvalue weighted by molar-refractivity contribution is 0.481. The Balaban J connectivity index is 1.75. The first-order chi connectivity index (χ1) is 11.0. The molecule has 0 amide bonds. The number of benzene rings is 2. The fraction of sp³-hybridized carbons (Fsp3) is 0.294. The van der Waals surface area contributed by atoms with Crippen molar-refractivity contribution in [3.8, 4) is 11.5 Å². The maximum atomic E-state index is 10.9. The minimum absolute atomic E-state index is 0.447. The first kappa shape index (κ1) is 17.5. The second kappa shape index (κ2) is 8.67. The van der Waals surface area contributed by atoms with Crippen LogP contribution in [0.4, 0.5) is 0 Å². The standard InChI is InChI=1S/C17H22N2O3S/c1-23(20,21)19-12-6-11-18-14-15-7-5-10-17(13-15)22-16-8-3-2-4-9-16/h2-5,7-10,13,18-19H,6,11-12,14H2,1H3. The number of hydrogen-bond donors (Lipinski definition) is 2. The summed E-state index contributed by atoms with van der Waals surface area (Å²) in [4.78, 5) is 0. The Morgan fingerprint density at radius 2 is 1.70 bits per heavy atom. The quantitative estimate of drug-likeness (QED) is 0.692. The van der Waals surface area contributed by atoms with Gasteiger partial charge in [-0.1, -0.05) is 30.3 Å². The van der Waals surface area contributed by atoms with E-state index in [1.165, 1.54) is 6.26 Å². The number of ether oxygens (including phenoxy) is 1. The maximum Gasteiger partial charge on any atom is 0.208 e. The smallest absolute Gasteiger partial charge is 0.208 e. The van der Waals surface area contributed by atoms with Gasteiger partial charge in [0.05, 0.1) is 6.26 Å². The van der Waals surface area contributed by atoms with E-state index in [-0.39, 0.29) is 0 Å². The van der Waals surface area contributed by atoms with Crippen molar-refractivity contribution in [3.63, 3.8) is 0 Å². The summed E-state index contributed by atoms with van der Waals surface area (Å²) in [6.07, 6.45) is 1.91. The highest BCUT2D eigenvalue weighted by Crippen LogP contribution is 2.21. The number of hydrogen-bond acceptors (Lipinski definition) is 4. The molecule has 2 aromatic rings. The van der Waals surface area contributed by atoms with E-state index < -0.39 is 10.0 Å². The topological polar surface area (TPSA) is 67.4 Å². The number of sulfonamides is 1. The largest absolute Gasteiger partial charge is 0.457 e. The van der Waals surface area contributed by atoms with Gasteiger partial charge < -0.3 is 10.1 Å². The maximum absolute atomic E-state index is 10.9. The van der Waals surface area contributed by atoms with Crippen molar-refractivity contribution in [1.82, 2.24) is 10.0 Å². The Hall–Kier alpha value is -1.89. The number of rotatable bonds is 9. The van der Waals surface area contributed by atoms with Crippen LogP contribution in [0.1, 0.15) is 12.0 Å². The van der Waals surface area contributed by atoms with Crippen molar-refractivity contribution >= 4 is 10.0 Å². The molecule has 2 aromatic carbocycles. The lowest BCUT2D eigenvalue weighted by Gasteiger charge is -2.09. The van der Waals surface area contributed by atoms with Gasteiger partial charge in [0.2, 0.25) is 10.0 Å². The van der Waals surface area contributed by atoms with E-state index >= 15 is 0 Å². The minimum Gasteiger partial charge on any atom is -0.457 e. The number of nitrogens with one attached hydrogen (secondary N) is 2. The molecular weight excluding hydrogens is 312 g/mol. The molecule has 0 fully saturated rings. The molecule has 23 heavy (non-hydrogen) atoms. The van der Waals surface area contributed by atoms with E-state index in [4.69, 9.17) is 4.74 Å². The van der Waals surface area contributed by atoms with E-state index in [1.54, 1.807) is 0 Å². The van der Waals surface area contributed by atoms with Gasteiger partial charge in [-0.05, 0) is 42.8 Å². The van der Waals surface area contributed by atoms with Gasteiger partial charge in [0.1, 0.15) is 11.5 Å². The lowest BCUT2D eigenvalue weighted by atomic mass is 10.2. The second-order valence-corrected chi connectivity index (χ2v) is 7.09. The summed E-state index contributed by atoms with van der Waals surface area (Å²) >= 11 is 0. The Kier molecular flexibility index (Phi) is 6.58. The predicted molar refractivity (Wildman–Crippen MR) is 92.1 cm³/mol. The Bertz CT molecular complexity index is 703. The molecule has 124 valence electrons. The zero-order valence-electron chi connectivity index (χ0n) is 13.2. The monoisotopic (exact) mass is 334 g/mol. The third-order valence-corrected chi connectivity index (χ3v) is 3.83. The molecule has 0 aliphatic carbocycles. The summed E-state index contributed by atoms with van der Waals surface area (Å²) < 4.78 is 30.1. The molecule has 0 aromatic heterocycles. The van der Waals surface area contributed by atoms with Crippen LogP contribution in [0.25, 0.3) is 0 Å². The van der Waals surface area contributed by atoms with Crippen molar-refractivity contribution in [2.75, 3.05) is 19.3 Å². The highest BCUT2D eigenvalue weighted by Gasteiger charge is 2.00. The van der Waals surface area contributed by atoms with Gasteiger partial charge in [-0.25, -0.2) is 13.1 Å². The summed E-state index contributed by atoms with van der Waals surface area (Å²) in [5.41, 5.74) is 1.12. The highest BCUT2D eigenvalue weighted by atomic mass is 32.2. The molecular formula is C17H22N2O3S. The average Bonchev–Trinajstić information content (AvgIpc) is 2.51. The van der Waals surface area contributed by atoms with Gasteiger partial charge in [0, 0.05) is 13.1 Å². The molecule has 0 heterocycles. The van der Waals surface area contributed by atoms with Crippen LogP contribution < -0.4 is 14.8 Å². The molecule has 0 saturated carbocycles. The van der Waals surface area contributed by atoms with E-state index in [0.29, 0.717) is 13.1 Å². The van der Waals surface area contributed by atoms with Gasteiger partial charge in [-0.3, -0.25) is 0 Å². The fourth-order valence-electron chi connectivity index (χ4n) is 2.05. The van der Waals surface area contributed by atoms with Crippen molar-refractivity contribution in [3.05, 3.63) is 60.2 Å². The molecule has 2 rings (SSSR count). The average molecular weight is 334 g/mol. The summed E-state index contributed by atoms with van der Waals surface area (Å²) in [5.74, 6) is 1.61. The minimum atomic E-state index is -3.09. The first-order valence-corrected chi connectivity index (χ1v) is 9.39. The molecule has 2 N–H and O–H groups in total. The van der Waals surface area contributed by atoms with Crippen LogP contribution in [0, 0.1) is 0 Å². The number of para-hydroxylation sites is 1. The second-order valence-electron chi connectivity index (χ2n) is 5.26. The molecule has 6 heteroatoms. The molecule has 5 nitrogen and oxygen atoms in total. The van der Waals surface area contributed by atoms with E-state index in [0.717, 1.165) is 30.0 Å². The van der Waals surface area contributed by atoms with Crippen LogP contribution >= 0.6 is 0 Å². The van der Waals surface area contributed by atoms with Gasteiger partial charge in [0.15, 0.2) is 0 Å². The zero-order valence-corrected chi connectivity index (χ0v) is 14.0. The van der Waals surface area contributed by atoms with Crippen molar-refractivity contribution in [2.45, 2.75) is 13.0 Å². The molecule has 0 spiro atoms. The summed E-state index contributed by atoms with van der Waals surface area (Å²) in [6.45, 7) is 1.90. The molecule has 0 aliphatic rings. The third kappa shape index (κ3) is 7.27. The van der Waals surface area contributed by atoms with Gasteiger partial charge >= 0.3 is 0 Å². The summed E-state index contributed by atoms with van der Waals surface area (Å²) in [7, 11) is -3.09. The molecule has 0 aliphatic heterocycles. The van der Waals surface area contributed by atoms with Crippen LogP contribution in [-0.2, 0) is 16.6 Å². The van der Waals surface area contributed by atoms with Crippen LogP contribution in [0.3, 0.4) is 0 Å². The molecule has 0 radical (unpaired) electrons. The molecule has 0 bridgehead atoms. The van der Waals surface area contributed by atoms with Crippen molar-refractivity contribution in [2.24, 2.45) is 0 Å². The molecule has 0 atom stereocenters. The van der Waals surface area contributed by atoms with E-state index in [1.807, 2.05) is 54.6 Å². The summed E-state index contributed by atoms with van der Waals surface area (Å²) in [6, 6.07) is 17.6. The van der Waals surface area contributed by atoms with Crippen LogP contribution in [0.15, 0.2) is 54.6 Å². The SMILES string of the molecule is CS(=O)(=O)NCCCNCc1cccc(Oc2ccccc2)c1. The van der Waals surface area contributed by atoms with Crippen LogP contribution in [0.2, 0.25) is 0 Å². The van der Waals surface area contributed by atoms with Crippen molar-refractivity contribution < 1.29 is 13.2 Å². The zero-order chi connectivity index (χ0) is 16.5. The third-order valence-electron chi connectivity index (χ3n) is 3.10. The van der Waals surface area contributed by atoms with Gasteiger partial charge in [-0.2, -0.15) is 0 Å². The van der Waals surface area contributed by atoms with E-state index in [9.17, 15) is 8.42 Å². The highest BCUT2D eigenvalue weighted by molar-refractivity contribution is 7.88. The molecule has 0 unspecified atom stereocenters. The first-order valence-electron chi connectivity index (χ1n) is 7.50. The fourth-order valence-corrected chi connectivity index (χ4v) is 2.56. The van der Waals surface area contributed by atoms with E-state index in [2.05, 4.69) is 10.0 Å².